The van der Waals surface area contributed by atoms with Gasteiger partial charge in [-0.3, -0.25) is 19.4 Å². The molecule has 3 N–H and O–H groups in total. The Hall–Kier alpha value is -4.05. The number of hydrogen-bond donors (Lipinski definition) is 2. The molecule has 2 saturated carbocycles. The van der Waals surface area contributed by atoms with Gasteiger partial charge in [-0.15, -0.1) is 22.7 Å². The molecule has 6 aromatic rings. The average Bonchev–Trinajstić information content (AvgIpc) is 4.12. The summed E-state index contributed by atoms with van der Waals surface area (Å²) in [6, 6.07) is 18.4. The maximum absolute atomic E-state index is 12.5. The molecule has 6 heterocycles. The minimum atomic E-state index is 0. The fourth-order valence-electron chi connectivity index (χ4n) is 9.40. The van der Waals surface area contributed by atoms with Gasteiger partial charge in [0.1, 0.15) is 33.3 Å². The number of nitrogens with two attached hydrogens (primary N) is 1. The van der Waals surface area contributed by atoms with Crippen LogP contribution in [0.5, 0.6) is 0 Å². The van der Waals surface area contributed by atoms with Crippen LogP contribution in [0.2, 0.25) is 5.15 Å². The van der Waals surface area contributed by atoms with Crippen LogP contribution in [0.4, 0.5) is 5.82 Å². The highest BCUT2D eigenvalue weighted by Gasteiger charge is 2.28. The highest BCUT2D eigenvalue weighted by Crippen LogP contribution is 2.37. The number of fused-ring (bicyclic) bond motifs is 6. The summed E-state index contributed by atoms with van der Waals surface area (Å²) in [5, 5.41) is 8.73. The number of anilines is 1. The summed E-state index contributed by atoms with van der Waals surface area (Å²) in [6.45, 7) is 4.93. The van der Waals surface area contributed by atoms with Gasteiger partial charge in [-0.1, -0.05) is 55.4 Å². The number of likely N-dealkylation sites (tertiary alicyclic amines) is 2. The maximum Gasteiger partial charge on any atom is 0.236 e. The van der Waals surface area contributed by atoms with Crippen LogP contribution in [0.1, 0.15) is 84.5 Å². The third-order valence-electron chi connectivity index (χ3n) is 13.0. The van der Waals surface area contributed by atoms with Crippen molar-refractivity contribution in [3.05, 3.63) is 66.3 Å². The van der Waals surface area contributed by atoms with Crippen molar-refractivity contribution in [2.75, 3.05) is 58.7 Å². The molecule has 2 aliphatic heterocycles. The molecule has 0 atom stereocenters. The lowest BCUT2D eigenvalue weighted by atomic mass is 9.90. The zero-order chi connectivity index (χ0) is 42.3. The number of likely N-dealkylation sites (N-methyl/N-ethyl adjacent to an activating group) is 2. The summed E-state index contributed by atoms with van der Waals surface area (Å²) in [5.74, 6) is 1.56. The number of carbonyl (C=O) groups excluding carboxylic acids is 2. The van der Waals surface area contributed by atoms with Crippen LogP contribution in [0, 0.1) is 0 Å². The van der Waals surface area contributed by atoms with Gasteiger partial charge in [0, 0.05) is 70.5 Å². The summed E-state index contributed by atoms with van der Waals surface area (Å²) in [4.78, 5) is 52.3. The van der Waals surface area contributed by atoms with E-state index >= 15 is 0 Å². The van der Waals surface area contributed by atoms with Crippen LogP contribution >= 0.6 is 34.3 Å². The van der Waals surface area contributed by atoms with Crippen LogP contribution in [0.25, 0.3) is 40.6 Å². The van der Waals surface area contributed by atoms with E-state index in [1.165, 1.54) is 34.0 Å². The second-order valence-corrected chi connectivity index (χ2v) is 19.6. The first-order chi connectivity index (χ1) is 29.7. The van der Waals surface area contributed by atoms with Crippen molar-refractivity contribution in [3.63, 3.8) is 0 Å². The Labute approximate surface area is 379 Å². The van der Waals surface area contributed by atoms with Crippen molar-refractivity contribution in [1.29, 1.82) is 0 Å². The minimum absolute atomic E-state index is 0. The second kappa shape index (κ2) is 21.6. The molecular weight excluding hydrogens is 836 g/mol. The van der Waals surface area contributed by atoms with E-state index in [1.807, 2.05) is 28.0 Å². The van der Waals surface area contributed by atoms with E-state index in [4.69, 9.17) is 17.3 Å². The van der Waals surface area contributed by atoms with Crippen molar-refractivity contribution < 1.29 is 9.59 Å². The van der Waals surface area contributed by atoms with Crippen LogP contribution < -0.4 is 11.1 Å². The van der Waals surface area contributed by atoms with Crippen LogP contribution in [-0.4, -0.2) is 129 Å². The lowest BCUT2D eigenvalue weighted by Crippen LogP contribution is -2.44. The molecule has 2 aliphatic carbocycles. The number of hydrogen-bond acceptors (Lipinski definition) is 12. The highest BCUT2D eigenvalue weighted by atomic mass is 35.5. The number of amides is 2. The normalized spacial score (nSPS) is 21.5. The SMILES string of the molecule is C.CN(CC(=O)N1CCCC1)C1CCC(N)CC1.CN(CC(=O)N1CCCC1)C1CCC(Nc2ncnc3sc4ccccc4c23)CC1.Clc1ncnc2sc3ccccc3c12. The van der Waals surface area contributed by atoms with E-state index in [0.717, 1.165) is 122 Å². The predicted octanol–water partition coefficient (Wildman–Crippen LogP) is 9.07. The van der Waals surface area contributed by atoms with E-state index < -0.39 is 0 Å². The van der Waals surface area contributed by atoms with Crippen molar-refractivity contribution in [3.8, 4) is 0 Å². The molecule has 0 radical (unpaired) electrons. The molecule has 62 heavy (non-hydrogen) atoms. The van der Waals surface area contributed by atoms with E-state index in [2.05, 4.69) is 79.5 Å². The molecule has 4 aromatic heterocycles. The van der Waals surface area contributed by atoms with Gasteiger partial charge in [-0.2, -0.15) is 0 Å². The van der Waals surface area contributed by atoms with Crippen molar-refractivity contribution in [1.82, 2.24) is 39.5 Å². The molecule has 4 aliphatic rings. The summed E-state index contributed by atoms with van der Waals surface area (Å²) in [5.41, 5.74) is 5.90. The Morgan fingerprint density at radius 2 is 1.13 bits per heavy atom. The number of nitrogens with zero attached hydrogens (tertiary/aromatic N) is 8. The largest absolute Gasteiger partial charge is 0.367 e. The van der Waals surface area contributed by atoms with Gasteiger partial charge in [0.05, 0.1) is 23.9 Å². The molecule has 15 heteroatoms. The van der Waals surface area contributed by atoms with Gasteiger partial charge < -0.3 is 20.9 Å². The Kier molecular flexibility index (Phi) is 16.0. The lowest BCUT2D eigenvalue weighted by molar-refractivity contribution is -0.132. The highest BCUT2D eigenvalue weighted by molar-refractivity contribution is 7.26. The molecule has 2 amide bonds. The Bertz CT molecular complexity index is 2400. The zero-order valence-electron chi connectivity index (χ0n) is 35.5. The standard InChI is InChI=1S/C23H29N5OS.C13H25N3O.C10H5ClN2S.CH4/c1-27(14-20(29)28-12-4-5-13-28)17-10-8-16(9-11-17)26-22-21-18-6-2-3-7-19(18)30-23(21)25-15-24-22;1-15(12-6-4-11(14)5-7-12)10-13(17)16-8-2-3-9-16;11-9-8-6-3-1-2-4-7(6)14-10(8)13-5-12-9;/h2-3,6-7,15-17H,4-5,8-14H2,1H3,(H,24,25,26);11-12H,2-10,14H2,1H3;1-5H;1H4. The quantitative estimate of drug-likeness (QED) is 0.143. The monoisotopic (exact) mass is 898 g/mol. The van der Waals surface area contributed by atoms with Gasteiger partial charge in [0.25, 0.3) is 0 Å². The van der Waals surface area contributed by atoms with Crippen LogP contribution in [0.15, 0.2) is 61.2 Å². The summed E-state index contributed by atoms with van der Waals surface area (Å²) in [6.07, 6.45) is 16.7. The maximum atomic E-state index is 12.5. The fraction of sp³-hybridized carbons (Fsp3) is 0.532. The number of thiophene rings is 2. The Morgan fingerprint density at radius 3 is 1.66 bits per heavy atom. The van der Waals surface area contributed by atoms with Crippen LogP contribution in [-0.2, 0) is 9.59 Å². The Morgan fingerprint density at radius 1 is 0.677 bits per heavy atom. The molecule has 0 unspecified atom stereocenters. The minimum Gasteiger partial charge on any atom is -0.367 e. The summed E-state index contributed by atoms with van der Waals surface area (Å²) >= 11 is 9.40. The topological polar surface area (TPSA) is 137 Å². The van der Waals surface area contributed by atoms with Crippen molar-refractivity contribution >= 4 is 92.5 Å². The number of benzene rings is 2. The number of rotatable bonds is 8. The molecule has 12 nitrogen and oxygen atoms in total. The smallest absolute Gasteiger partial charge is 0.236 e. The molecule has 4 fully saturated rings. The number of halogens is 1. The van der Waals surface area contributed by atoms with Crippen LogP contribution in [0.3, 0.4) is 0 Å². The van der Waals surface area contributed by atoms with E-state index in [0.29, 0.717) is 54.2 Å². The van der Waals surface area contributed by atoms with Gasteiger partial charge >= 0.3 is 0 Å². The van der Waals surface area contributed by atoms with Crippen molar-refractivity contribution in [2.45, 2.75) is 109 Å². The molecule has 10 rings (SSSR count). The molecule has 0 spiro atoms. The lowest BCUT2D eigenvalue weighted by Gasteiger charge is -2.35. The third-order valence-corrected chi connectivity index (χ3v) is 15.5. The van der Waals surface area contributed by atoms with Gasteiger partial charge in [0.15, 0.2) is 0 Å². The van der Waals surface area contributed by atoms with Gasteiger partial charge in [0.2, 0.25) is 11.8 Å². The number of aromatic nitrogens is 4. The van der Waals surface area contributed by atoms with Crippen molar-refractivity contribution in [2.24, 2.45) is 5.73 Å². The third kappa shape index (κ3) is 11.0. The fourth-order valence-corrected chi connectivity index (χ4v) is 11.8. The summed E-state index contributed by atoms with van der Waals surface area (Å²) in [7, 11) is 4.19. The van der Waals surface area contributed by atoms with Gasteiger partial charge in [-0.25, -0.2) is 19.9 Å². The molecule has 2 saturated heterocycles. The number of carbonyl (C=O) groups is 2. The molecule has 332 valence electrons. The first kappa shape index (κ1) is 46.0. The first-order valence-electron chi connectivity index (χ1n) is 22.1. The molecular formula is C47H63ClN10O2S2. The van der Waals surface area contributed by atoms with E-state index in [9.17, 15) is 9.59 Å². The number of nitrogens with one attached hydrogen (secondary N) is 1. The predicted molar refractivity (Wildman–Crippen MR) is 258 cm³/mol. The Balaban J connectivity index is 0.000000153. The molecule has 2 aromatic carbocycles. The molecule has 0 bridgehead atoms. The summed E-state index contributed by atoms with van der Waals surface area (Å²) < 4.78 is 2.45. The van der Waals surface area contributed by atoms with Gasteiger partial charge in [-0.05, 0) is 103 Å². The van der Waals surface area contributed by atoms with E-state index in [1.54, 1.807) is 29.0 Å². The zero-order valence-corrected chi connectivity index (χ0v) is 37.9. The van der Waals surface area contributed by atoms with E-state index in [-0.39, 0.29) is 7.43 Å². The second-order valence-electron chi connectivity index (χ2n) is 17.2. The first-order valence-corrected chi connectivity index (χ1v) is 24.1. The average molecular weight is 900 g/mol.